The van der Waals surface area contributed by atoms with Crippen molar-refractivity contribution in [2.24, 2.45) is 0 Å². The highest BCUT2D eigenvalue weighted by molar-refractivity contribution is 9.10. The van der Waals surface area contributed by atoms with Crippen LogP contribution in [0.4, 0.5) is 8.78 Å². The number of halogens is 4. The van der Waals surface area contributed by atoms with Gasteiger partial charge in [-0.2, -0.15) is 0 Å². The van der Waals surface area contributed by atoms with E-state index in [9.17, 15) is 13.6 Å². The number of amides is 1. The summed E-state index contributed by atoms with van der Waals surface area (Å²) in [6, 6.07) is 1.56. The summed E-state index contributed by atoms with van der Waals surface area (Å²) in [6.45, 7) is -0.341. The second kappa shape index (κ2) is 7.00. The number of hydrogen-bond acceptors (Lipinski definition) is 2. The third-order valence-electron chi connectivity index (χ3n) is 1.95. The van der Waals surface area contributed by atoms with Gasteiger partial charge in [-0.3, -0.25) is 9.78 Å². The highest BCUT2D eigenvalue weighted by Gasteiger charge is 2.19. The van der Waals surface area contributed by atoms with Crippen molar-refractivity contribution in [1.29, 1.82) is 0 Å². The summed E-state index contributed by atoms with van der Waals surface area (Å²) in [5.41, 5.74) is 0.293. The minimum Gasteiger partial charge on any atom is -0.332 e. The van der Waals surface area contributed by atoms with Crippen LogP contribution in [0.1, 0.15) is 10.4 Å². The Labute approximate surface area is 114 Å². The number of rotatable bonds is 5. The van der Waals surface area contributed by atoms with Gasteiger partial charge in [-0.15, -0.1) is 0 Å². The smallest absolute Gasteiger partial charge is 0.255 e. The summed E-state index contributed by atoms with van der Waals surface area (Å²) < 4.78 is 25.3. The molecule has 0 aliphatic rings. The van der Waals surface area contributed by atoms with Crippen molar-refractivity contribution in [1.82, 2.24) is 9.88 Å². The zero-order valence-electron chi connectivity index (χ0n) is 8.75. The first-order valence-corrected chi connectivity index (χ1v) is 6.70. The zero-order chi connectivity index (χ0) is 12.8. The topological polar surface area (TPSA) is 33.2 Å². The van der Waals surface area contributed by atoms with Gasteiger partial charge in [-0.25, -0.2) is 8.78 Å². The predicted octanol–water partition coefficient (Wildman–Crippen LogP) is 2.95. The van der Waals surface area contributed by atoms with Gasteiger partial charge < -0.3 is 4.90 Å². The molecule has 0 aliphatic heterocycles. The molecule has 0 atom stereocenters. The van der Waals surface area contributed by atoms with Crippen LogP contribution in [-0.4, -0.2) is 40.6 Å². The van der Waals surface area contributed by atoms with Crippen molar-refractivity contribution in [3.8, 4) is 0 Å². The Balaban J connectivity index is 2.83. The van der Waals surface area contributed by atoms with Crippen LogP contribution >= 0.6 is 31.9 Å². The van der Waals surface area contributed by atoms with Gasteiger partial charge in [0.2, 0.25) is 0 Å². The van der Waals surface area contributed by atoms with E-state index < -0.39 is 18.9 Å². The number of carbonyl (C=O) groups is 1. The predicted molar refractivity (Wildman–Crippen MR) is 67.6 cm³/mol. The molecule has 0 radical (unpaired) electrons. The SMILES string of the molecule is O=C(c1cncc(Br)c1)N(CCBr)CC(F)F. The first-order chi connectivity index (χ1) is 8.04. The molecule has 17 heavy (non-hydrogen) atoms. The van der Waals surface area contributed by atoms with E-state index in [2.05, 4.69) is 36.8 Å². The number of nitrogens with zero attached hydrogens (tertiary/aromatic N) is 2. The summed E-state index contributed by atoms with van der Waals surface area (Å²) in [5, 5.41) is 0.451. The average molecular weight is 372 g/mol. The van der Waals surface area contributed by atoms with Crippen LogP contribution in [0.15, 0.2) is 22.9 Å². The lowest BCUT2D eigenvalue weighted by Crippen LogP contribution is -2.36. The van der Waals surface area contributed by atoms with Crippen molar-refractivity contribution in [2.45, 2.75) is 6.43 Å². The Hall–Kier alpha value is -0.560. The molecule has 0 aromatic carbocycles. The Bertz CT molecular complexity index is 390. The van der Waals surface area contributed by atoms with Crippen LogP contribution in [0.25, 0.3) is 0 Å². The molecule has 0 fully saturated rings. The number of pyridine rings is 1. The number of alkyl halides is 3. The first-order valence-electron chi connectivity index (χ1n) is 4.78. The maximum absolute atomic E-state index is 12.3. The number of aromatic nitrogens is 1. The minimum absolute atomic E-state index is 0.232. The minimum atomic E-state index is -2.54. The van der Waals surface area contributed by atoms with E-state index >= 15 is 0 Å². The molecule has 0 unspecified atom stereocenters. The van der Waals surface area contributed by atoms with Crippen LogP contribution in [0, 0.1) is 0 Å². The van der Waals surface area contributed by atoms with Gasteiger partial charge in [0.1, 0.15) is 0 Å². The average Bonchev–Trinajstić information content (AvgIpc) is 2.27. The maximum atomic E-state index is 12.3. The number of carbonyl (C=O) groups excluding carboxylic acids is 1. The molecule has 1 heterocycles. The van der Waals surface area contributed by atoms with Crippen LogP contribution in [-0.2, 0) is 0 Å². The van der Waals surface area contributed by atoms with Crippen LogP contribution in [0.5, 0.6) is 0 Å². The first kappa shape index (κ1) is 14.5. The third-order valence-corrected chi connectivity index (χ3v) is 2.74. The highest BCUT2D eigenvalue weighted by Crippen LogP contribution is 2.12. The second-order valence-electron chi connectivity index (χ2n) is 3.22. The van der Waals surface area contributed by atoms with Crippen LogP contribution < -0.4 is 0 Å². The van der Waals surface area contributed by atoms with E-state index in [0.717, 1.165) is 4.90 Å². The molecule has 0 bridgehead atoms. The van der Waals surface area contributed by atoms with Crippen molar-refractivity contribution in [3.05, 3.63) is 28.5 Å². The van der Waals surface area contributed by atoms with Gasteiger partial charge >= 0.3 is 0 Å². The molecule has 7 heteroatoms. The van der Waals surface area contributed by atoms with Crippen molar-refractivity contribution >= 4 is 37.8 Å². The Morgan fingerprint density at radius 3 is 2.71 bits per heavy atom. The van der Waals surface area contributed by atoms with Gasteiger partial charge in [0, 0.05) is 28.7 Å². The molecule has 0 saturated carbocycles. The maximum Gasteiger partial charge on any atom is 0.255 e. The molecule has 1 aromatic rings. The van der Waals surface area contributed by atoms with E-state index in [0.29, 0.717) is 15.4 Å². The van der Waals surface area contributed by atoms with E-state index in [-0.39, 0.29) is 6.54 Å². The Morgan fingerprint density at radius 2 is 2.18 bits per heavy atom. The molecule has 0 aliphatic carbocycles. The summed E-state index contributed by atoms with van der Waals surface area (Å²) in [4.78, 5) is 16.9. The third kappa shape index (κ3) is 4.67. The van der Waals surface area contributed by atoms with E-state index in [1.165, 1.54) is 12.4 Å². The highest BCUT2D eigenvalue weighted by atomic mass is 79.9. The fourth-order valence-electron chi connectivity index (χ4n) is 1.26. The molecule has 94 valence electrons. The van der Waals surface area contributed by atoms with E-state index in [4.69, 9.17) is 0 Å². The van der Waals surface area contributed by atoms with Crippen LogP contribution in [0.2, 0.25) is 0 Å². The van der Waals surface area contributed by atoms with Crippen molar-refractivity contribution in [2.75, 3.05) is 18.4 Å². The summed E-state index contributed by atoms with van der Waals surface area (Å²) in [5.74, 6) is -0.446. The Kier molecular flexibility index (Phi) is 5.97. The lowest BCUT2D eigenvalue weighted by Gasteiger charge is -2.21. The van der Waals surface area contributed by atoms with Gasteiger partial charge in [-0.1, -0.05) is 15.9 Å². The molecule has 1 aromatic heterocycles. The van der Waals surface area contributed by atoms with Crippen molar-refractivity contribution < 1.29 is 13.6 Å². The molecular formula is C10H10Br2F2N2O. The molecule has 3 nitrogen and oxygen atoms in total. The molecular weight excluding hydrogens is 362 g/mol. The van der Waals surface area contributed by atoms with Crippen LogP contribution in [0.3, 0.4) is 0 Å². The largest absolute Gasteiger partial charge is 0.332 e. The normalized spacial score (nSPS) is 10.6. The van der Waals surface area contributed by atoms with Gasteiger partial charge in [0.15, 0.2) is 0 Å². The summed E-state index contributed by atoms with van der Waals surface area (Å²) >= 11 is 6.31. The monoisotopic (exact) mass is 370 g/mol. The van der Waals surface area contributed by atoms with Gasteiger partial charge in [0.05, 0.1) is 12.1 Å². The summed E-state index contributed by atoms with van der Waals surface area (Å²) in [6.07, 6.45) is 0.344. The molecule has 1 amide bonds. The van der Waals surface area contributed by atoms with E-state index in [1.54, 1.807) is 6.07 Å². The standard InChI is InChI=1S/C10H10Br2F2N2O/c11-1-2-16(6-9(13)14)10(17)7-3-8(12)5-15-4-7/h3-5,9H,1-2,6H2. The lowest BCUT2D eigenvalue weighted by molar-refractivity contribution is 0.0572. The summed E-state index contributed by atoms with van der Waals surface area (Å²) in [7, 11) is 0. The van der Waals surface area contributed by atoms with Crippen molar-refractivity contribution in [3.63, 3.8) is 0 Å². The molecule has 0 saturated heterocycles. The van der Waals surface area contributed by atoms with E-state index in [1.807, 2.05) is 0 Å². The second-order valence-corrected chi connectivity index (χ2v) is 4.93. The quantitative estimate of drug-likeness (QED) is 0.745. The zero-order valence-corrected chi connectivity index (χ0v) is 11.9. The van der Waals surface area contributed by atoms with Gasteiger partial charge in [0.25, 0.3) is 12.3 Å². The van der Waals surface area contributed by atoms with Gasteiger partial charge in [-0.05, 0) is 22.0 Å². The fourth-order valence-corrected chi connectivity index (χ4v) is 2.05. The molecule has 0 N–H and O–H groups in total. The molecule has 1 rings (SSSR count). The number of hydrogen-bond donors (Lipinski definition) is 0. The Morgan fingerprint density at radius 1 is 1.47 bits per heavy atom. The fraction of sp³-hybridized carbons (Fsp3) is 0.400. The lowest BCUT2D eigenvalue weighted by atomic mass is 10.2. The molecule has 0 spiro atoms.